The van der Waals surface area contributed by atoms with Crippen LogP contribution in [0, 0.1) is 5.82 Å². The van der Waals surface area contributed by atoms with Crippen LogP contribution in [0.3, 0.4) is 0 Å². The van der Waals surface area contributed by atoms with Crippen LogP contribution < -0.4 is 10.6 Å². The van der Waals surface area contributed by atoms with E-state index < -0.39 is 0 Å². The third kappa shape index (κ3) is 6.04. The predicted molar refractivity (Wildman–Crippen MR) is 111 cm³/mol. The van der Waals surface area contributed by atoms with Gasteiger partial charge in [0.1, 0.15) is 5.82 Å². The monoisotopic (exact) mass is 384 g/mol. The molecule has 0 aliphatic carbocycles. The SMILES string of the molecule is CN=C(NCc1cccc(CN2CCOC(C)C2)c1)NCc1ccccc1F. The number of halogens is 1. The molecular weight excluding hydrogens is 355 g/mol. The molecule has 3 rings (SSSR count). The first-order chi connectivity index (χ1) is 13.6. The molecule has 0 radical (unpaired) electrons. The number of benzene rings is 2. The Morgan fingerprint density at radius 2 is 1.93 bits per heavy atom. The van der Waals surface area contributed by atoms with Gasteiger partial charge < -0.3 is 15.4 Å². The van der Waals surface area contributed by atoms with E-state index in [-0.39, 0.29) is 5.82 Å². The van der Waals surface area contributed by atoms with Gasteiger partial charge in [0.15, 0.2) is 5.96 Å². The fourth-order valence-corrected chi connectivity index (χ4v) is 3.36. The number of guanidine groups is 1. The van der Waals surface area contributed by atoms with Crippen molar-refractivity contribution >= 4 is 5.96 Å². The lowest BCUT2D eigenvalue weighted by Crippen LogP contribution is -2.40. The van der Waals surface area contributed by atoms with E-state index in [9.17, 15) is 4.39 Å². The van der Waals surface area contributed by atoms with Crippen LogP contribution in [0.15, 0.2) is 53.5 Å². The quantitative estimate of drug-likeness (QED) is 0.594. The van der Waals surface area contributed by atoms with Gasteiger partial charge >= 0.3 is 0 Å². The van der Waals surface area contributed by atoms with Gasteiger partial charge in [0.2, 0.25) is 0 Å². The normalized spacial score (nSPS) is 18.1. The van der Waals surface area contributed by atoms with Crippen LogP contribution >= 0.6 is 0 Å². The summed E-state index contributed by atoms with van der Waals surface area (Å²) in [6.07, 6.45) is 0.294. The standard InChI is InChI=1S/C22H29FN4O/c1-17-15-27(10-11-28-17)16-19-7-5-6-18(12-19)13-25-22(24-2)26-14-20-8-3-4-9-21(20)23/h3-9,12,17H,10-11,13-16H2,1-2H3,(H2,24,25,26). The molecule has 1 fully saturated rings. The molecule has 1 aliphatic heterocycles. The summed E-state index contributed by atoms with van der Waals surface area (Å²) in [6, 6.07) is 15.3. The number of hydrogen-bond acceptors (Lipinski definition) is 3. The van der Waals surface area contributed by atoms with Crippen LogP contribution in [0.2, 0.25) is 0 Å². The molecule has 1 heterocycles. The van der Waals surface area contributed by atoms with Crippen LogP contribution in [-0.2, 0) is 24.4 Å². The highest BCUT2D eigenvalue weighted by Crippen LogP contribution is 2.12. The maximum Gasteiger partial charge on any atom is 0.191 e. The molecule has 2 aromatic rings. The van der Waals surface area contributed by atoms with E-state index in [1.165, 1.54) is 17.2 Å². The minimum absolute atomic E-state index is 0.212. The molecule has 0 aromatic heterocycles. The Bertz CT molecular complexity index is 796. The van der Waals surface area contributed by atoms with Crippen molar-refractivity contribution in [3.8, 4) is 0 Å². The van der Waals surface area contributed by atoms with E-state index in [0.29, 0.717) is 30.7 Å². The topological polar surface area (TPSA) is 48.9 Å². The van der Waals surface area contributed by atoms with Gasteiger partial charge in [-0.25, -0.2) is 4.39 Å². The second-order valence-electron chi connectivity index (χ2n) is 7.11. The molecule has 2 N–H and O–H groups in total. The highest BCUT2D eigenvalue weighted by atomic mass is 19.1. The molecule has 0 saturated carbocycles. The minimum atomic E-state index is -0.212. The van der Waals surface area contributed by atoms with Crippen molar-refractivity contribution in [3.63, 3.8) is 0 Å². The van der Waals surface area contributed by atoms with Crippen molar-refractivity contribution in [2.75, 3.05) is 26.7 Å². The van der Waals surface area contributed by atoms with Crippen LogP contribution in [0.1, 0.15) is 23.6 Å². The zero-order chi connectivity index (χ0) is 19.8. The van der Waals surface area contributed by atoms with Crippen molar-refractivity contribution in [2.24, 2.45) is 4.99 Å². The van der Waals surface area contributed by atoms with Crippen molar-refractivity contribution in [2.45, 2.75) is 32.7 Å². The Morgan fingerprint density at radius 3 is 2.71 bits per heavy atom. The first-order valence-electron chi connectivity index (χ1n) is 9.73. The summed E-state index contributed by atoms with van der Waals surface area (Å²) in [5, 5.41) is 6.45. The molecule has 5 nitrogen and oxygen atoms in total. The highest BCUT2D eigenvalue weighted by molar-refractivity contribution is 5.79. The summed E-state index contributed by atoms with van der Waals surface area (Å²) in [5.74, 6) is 0.436. The fraction of sp³-hybridized carbons (Fsp3) is 0.409. The molecule has 2 aromatic carbocycles. The summed E-state index contributed by atoms with van der Waals surface area (Å²) in [6.45, 7) is 6.83. The maximum atomic E-state index is 13.7. The average molecular weight is 384 g/mol. The second-order valence-corrected chi connectivity index (χ2v) is 7.11. The Balaban J connectivity index is 1.51. The van der Waals surface area contributed by atoms with Crippen molar-refractivity contribution in [3.05, 3.63) is 71.0 Å². The first-order valence-corrected chi connectivity index (χ1v) is 9.73. The van der Waals surface area contributed by atoms with E-state index in [2.05, 4.69) is 51.7 Å². The molecule has 0 amide bonds. The van der Waals surface area contributed by atoms with E-state index in [1.54, 1.807) is 19.2 Å². The number of rotatable bonds is 6. The van der Waals surface area contributed by atoms with Crippen LogP contribution in [-0.4, -0.2) is 43.7 Å². The molecular formula is C22H29FN4O. The third-order valence-electron chi connectivity index (χ3n) is 4.81. The molecule has 1 saturated heterocycles. The lowest BCUT2D eigenvalue weighted by atomic mass is 10.1. The number of morpholine rings is 1. The molecule has 1 unspecified atom stereocenters. The van der Waals surface area contributed by atoms with Gasteiger partial charge in [0.05, 0.1) is 12.7 Å². The van der Waals surface area contributed by atoms with E-state index in [0.717, 1.165) is 26.2 Å². The second kappa shape index (κ2) is 10.2. The van der Waals surface area contributed by atoms with Crippen molar-refractivity contribution < 1.29 is 9.13 Å². The average Bonchev–Trinajstić information content (AvgIpc) is 2.70. The Morgan fingerprint density at radius 1 is 1.14 bits per heavy atom. The lowest BCUT2D eigenvalue weighted by Gasteiger charge is -2.31. The zero-order valence-corrected chi connectivity index (χ0v) is 16.6. The lowest BCUT2D eigenvalue weighted by molar-refractivity contribution is -0.0212. The minimum Gasteiger partial charge on any atom is -0.376 e. The fourth-order valence-electron chi connectivity index (χ4n) is 3.36. The van der Waals surface area contributed by atoms with E-state index in [4.69, 9.17) is 4.74 Å². The Hall–Kier alpha value is -2.44. The van der Waals surface area contributed by atoms with E-state index >= 15 is 0 Å². The number of aliphatic imine (C=N–C) groups is 1. The van der Waals surface area contributed by atoms with Gasteiger partial charge in [-0.3, -0.25) is 9.89 Å². The number of ether oxygens (including phenoxy) is 1. The summed E-state index contributed by atoms with van der Waals surface area (Å²) < 4.78 is 19.4. The first kappa shape index (κ1) is 20.3. The van der Waals surface area contributed by atoms with E-state index in [1.807, 2.05) is 6.07 Å². The Kier molecular flexibility index (Phi) is 7.39. The van der Waals surface area contributed by atoms with Crippen molar-refractivity contribution in [1.29, 1.82) is 0 Å². The molecule has 1 aliphatic rings. The summed E-state index contributed by atoms with van der Waals surface area (Å²) in [7, 11) is 1.71. The smallest absolute Gasteiger partial charge is 0.191 e. The summed E-state index contributed by atoms with van der Waals surface area (Å²) in [4.78, 5) is 6.65. The molecule has 150 valence electrons. The van der Waals surface area contributed by atoms with Gasteiger partial charge in [-0.05, 0) is 24.1 Å². The third-order valence-corrected chi connectivity index (χ3v) is 4.81. The maximum absolute atomic E-state index is 13.7. The summed E-state index contributed by atoms with van der Waals surface area (Å²) >= 11 is 0. The van der Waals surface area contributed by atoms with Gasteiger partial charge in [-0.15, -0.1) is 0 Å². The Labute approximate surface area is 166 Å². The van der Waals surface area contributed by atoms with Crippen molar-refractivity contribution in [1.82, 2.24) is 15.5 Å². The highest BCUT2D eigenvalue weighted by Gasteiger charge is 2.16. The van der Waals surface area contributed by atoms with Gasteiger partial charge in [0, 0.05) is 45.3 Å². The summed E-state index contributed by atoms with van der Waals surface area (Å²) in [5.41, 5.74) is 3.10. The predicted octanol–water partition coefficient (Wildman–Crippen LogP) is 2.91. The molecule has 28 heavy (non-hydrogen) atoms. The molecule has 0 spiro atoms. The number of nitrogens with one attached hydrogen (secondary N) is 2. The molecule has 0 bridgehead atoms. The van der Waals surface area contributed by atoms with Gasteiger partial charge in [0.25, 0.3) is 0 Å². The van der Waals surface area contributed by atoms with Gasteiger partial charge in [-0.2, -0.15) is 0 Å². The number of nitrogens with zero attached hydrogens (tertiary/aromatic N) is 2. The molecule has 6 heteroatoms. The van der Waals surface area contributed by atoms with Gasteiger partial charge in [-0.1, -0.05) is 42.5 Å². The van der Waals surface area contributed by atoms with Crippen LogP contribution in [0.25, 0.3) is 0 Å². The van der Waals surface area contributed by atoms with Crippen LogP contribution in [0.4, 0.5) is 4.39 Å². The van der Waals surface area contributed by atoms with Crippen LogP contribution in [0.5, 0.6) is 0 Å². The molecule has 1 atom stereocenters. The number of hydrogen-bond donors (Lipinski definition) is 2. The zero-order valence-electron chi connectivity index (χ0n) is 16.6. The largest absolute Gasteiger partial charge is 0.376 e.